The Morgan fingerprint density at radius 2 is 1.38 bits per heavy atom. The molecule has 6 nitrogen and oxygen atoms in total. The number of rotatable bonds is 3. The lowest BCUT2D eigenvalue weighted by Crippen LogP contribution is -2.10. The molecule has 0 bridgehead atoms. The zero-order valence-corrected chi connectivity index (χ0v) is 17.2. The number of hydrogen-bond acceptors (Lipinski definition) is 5. The number of carbonyl (C=O) groups is 1. The van der Waals surface area contributed by atoms with E-state index >= 15 is 0 Å². The molecule has 4 aromatic carbocycles. The molecule has 0 atom stereocenters. The predicted molar refractivity (Wildman–Crippen MR) is 125 cm³/mol. The van der Waals surface area contributed by atoms with E-state index in [9.17, 15) is 15.0 Å². The topological polar surface area (TPSA) is 90.8 Å². The van der Waals surface area contributed by atoms with Crippen molar-refractivity contribution in [3.8, 4) is 39.5 Å². The summed E-state index contributed by atoms with van der Waals surface area (Å²) in [7, 11) is 1.50. The molecular weight excluding hydrogens is 404 g/mol. The average Bonchev–Trinajstić information content (AvgIpc) is 2.94. The number of anilines is 3. The van der Waals surface area contributed by atoms with Gasteiger partial charge in [0.15, 0.2) is 11.5 Å². The van der Waals surface area contributed by atoms with Crippen LogP contribution >= 0.6 is 0 Å². The van der Waals surface area contributed by atoms with Crippen molar-refractivity contribution in [1.82, 2.24) is 0 Å². The summed E-state index contributed by atoms with van der Waals surface area (Å²) in [5.74, 6) is 0.424. The Bertz CT molecular complexity index is 1360. The Hall–Kier alpha value is -4.45. The average molecular weight is 424 g/mol. The summed E-state index contributed by atoms with van der Waals surface area (Å²) in [5.41, 5.74) is 6.08. The van der Waals surface area contributed by atoms with E-state index in [1.165, 1.54) is 7.11 Å². The number of aromatic hydroxyl groups is 2. The molecule has 0 aliphatic carbocycles. The molecule has 0 radical (unpaired) electrons. The molecule has 4 N–H and O–H groups in total. The maximum atomic E-state index is 12.9. The summed E-state index contributed by atoms with van der Waals surface area (Å²) < 4.78 is 5.21. The second kappa shape index (κ2) is 7.67. The van der Waals surface area contributed by atoms with Gasteiger partial charge in [-0.25, -0.2) is 0 Å². The summed E-state index contributed by atoms with van der Waals surface area (Å²) in [6, 6.07) is 23.4. The van der Waals surface area contributed by atoms with E-state index in [1.54, 1.807) is 42.5 Å². The van der Waals surface area contributed by atoms with Gasteiger partial charge in [-0.3, -0.25) is 4.79 Å². The molecule has 32 heavy (non-hydrogen) atoms. The van der Waals surface area contributed by atoms with Crippen LogP contribution in [0.3, 0.4) is 0 Å². The monoisotopic (exact) mass is 424 g/mol. The lowest BCUT2D eigenvalue weighted by Gasteiger charge is -2.12. The minimum atomic E-state index is -0.214. The Morgan fingerprint density at radius 1 is 0.688 bits per heavy atom. The van der Waals surface area contributed by atoms with Gasteiger partial charge in [0.05, 0.1) is 29.7 Å². The number of hydrogen-bond donors (Lipinski definition) is 4. The van der Waals surface area contributed by atoms with Crippen LogP contribution in [-0.2, 0) is 0 Å². The highest BCUT2D eigenvalue weighted by molar-refractivity contribution is 6.12. The van der Waals surface area contributed by atoms with Crippen LogP contribution in [0.4, 0.5) is 17.1 Å². The molecule has 0 saturated heterocycles. The fourth-order valence-electron chi connectivity index (χ4n) is 3.84. The number of amides is 1. The van der Waals surface area contributed by atoms with E-state index in [-0.39, 0.29) is 17.4 Å². The van der Waals surface area contributed by atoms with Gasteiger partial charge in [0.2, 0.25) is 0 Å². The lowest BCUT2D eigenvalue weighted by molar-refractivity contribution is 0.102. The molecule has 1 heterocycles. The van der Waals surface area contributed by atoms with Crippen molar-refractivity contribution in [3.05, 3.63) is 84.4 Å². The molecule has 0 saturated carbocycles. The minimum Gasteiger partial charge on any atom is -0.508 e. The highest BCUT2D eigenvalue weighted by Gasteiger charge is 2.20. The number of benzene rings is 4. The van der Waals surface area contributed by atoms with Gasteiger partial charge >= 0.3 is 0 Å². The van der Waals surface area contributed by atoms with E-state index < -0.39 is 0 Å². The highest BCUT2D eigenvalue weighted by atomic mass is 16.5. The molecular formula is C26H20N2O4. The largest absolute Gasteiger partial charge is 0.508 e. The van der Waals surface area contributed by atoms with E-state index in [0.29, 0.717) is 22.7 Å². The quantitative estimate of drug-likeness (QED) is 0.336. The van der Waals surface area contributed by atoms with Crippen molar-refractivity contribution in [2.45, 2.75) is 0 Å². The van der Waals surface area contributed by atoms with Crippen LogP contribution in [0.2, 0.25) is 0 Å². The molecule has 1 amide bonds. The van der Waals surface area contributed by atoms with Crippen molar-refractivity contribution in [1.29, 1.82) is 0 Å². The first-order chi connectivity index (χ1) is 15.5. The van der Waals surface area contributed by atoms with Crippen LogP contribution in [0.15, 0.2) is 78.9 Å². The van der Waals surface area contributed by atoms with Gasteiger partial charge in [0.1, 0.15) is 5.75 Å². The number of phenols is 2. The van der Waals surface area contributed by atoms with Gasteiger partial charge in [-0.1, -0.05) is 30.3 Å². The first-order valence-corrected chi connectivity index (χ1v) is 10.0. The molecule has 5 rings (SSSR count). The first kappa shape index (κ1) is 19.5. The van der Waals surface area contributed by atoms with Crippen LogP contribution in [0.5, 0.6) is 17.2 Å². The van der Waals surface area contributed by atoms with Crippen LogP contribution in [0.1, 0.15) is 10.4 Å². The fraction of sp³-hybridized carbons (Fsp3) is 0.0385. The molecule has 0 spiro atoms. The molecule has 4 aromatic rings. The number of carbonyl (C=O) groups excluding carboxylic acids is 1. The van der Waals surface area contributed by atoms with Crippen molar-refractivity contribution in [2.75, 3.05) is 17.7 Å². The van der Waals surface area contributed by atoms with Gasteiger partial charge in [-0.2, -0.15) is 0 Å². The van der Waals surface area contributed by atoms with Crippen LogP contribution in [-0.4, -0.2) is 23.2 Å². The Kier molecular flexibility index (Phi) is 4.67. The molecule has 0 unspecified atom stereocenters. The summed E-state index contributed by atoms with van der Waals surface area (Å²) in [4.78, 5) is 12.9. The molecule has 1 aliphatic heterocycles. The summed E-state index contributed by atoms with van der Waals surface area (Å²) >= 11 is 0. The van der Waals surface area contributed by atoms with Crippen LogP contribution in [0, 0.1) is 0 Å². The molecule has 6 heteroatoms. The fourth-order valence-corrected chi connectivity index (χ4v) is 3.84. The van der Waals surface area contributed by atoms with Crippen molar-refractivity contribution >= 4 is 23.0 Å². The Labute approximate surface area is 184 Å². The van der Waals surface area contributed by atoms with E-state index in [1.807, 2.05) is 36.4 Å². The highest BCUT2D eigenvalue weighted by Crippen LogP contribution is 2.38. The summed E-state index contributed by atoms with van der Waals surface area (Å²) in [5, 5.41) is 26.0. The molecule has 1 aliphatic rings. The number of fused-ring (bicyclic) bond motifs is 2. The zero-order valence-electron chi connectivity index (χ0n) is 17.2. The number of methoxy groups -OCH3 is 1. The predicted octanol–water partition coefficient (Wildman–Crippen LogP) is 5.75. The molecule has 158 valence electrons. The maximum Gasteiger partial charge on any atom is 0.257 e. The number of phenolic OH excluding ortho intramolecular Hbond substituents is 2. The van der Waals surface area contributed by atoms with E-state index in [0.717, 1.165) is 27.9 Å². The zero-order chi connectivity index (χ0) is 22.2. The Morgan fingerprint density at radius 3 is 2.16 bits per heavy atom. The second-order valence-electron chi connectivity index (χ2n) is 7.54. The van der Waals surface area contributed by atoms with Crippen molar-refractivity contribution in [3.63, 3.8) is 0 Å². The van der Waals surface area contributed by atoms with E-state index in [2.05, 4.69) is 10.6 Å². The smallest absolute Gasteiger partial charge is 0.257 e. The third kappa shape index (κ3) is 3.48. The SMILES string of the molecule is COc1cc(-c2ccc3c(c2)Nc2ccc(-c4cccc(O)c4)cc2NC3=O)ccc1O. The minimum absolute atomic E-state index is 0.0694. The third-order valence-corrected chi connectivity index (χ3v) is 5.49. The van der Waals surface area contributed by atoms with Crippen LogP contribution in [0.25, 0.3) is 22.3 Å². The Balaban J connectivity index is 1.54. The molecule has 0 fully saturated rings. The first-order valence-electron chi connectivity index (χ1n) is 10.0. The molecule has 0 aromatic heterocycles. The van der Waals surface area contributed by atoms with Gasteiger partial charge in [-0.05, 0) is 70.8 Å². The van der Waals surface area contributed by atoms with Gasteiger partial charge in [-0.15, -0.1) is 0 Å². The normalized spacial score (nSPS) is 12.1. The van der Waals surface area contributed by atoms with E-state index in [4.69, 9.17) is 4.74 Å². The van der Waals surface area contributed by atoms with Gasteiger partial charge in [0, 0.05) is 0 Å². The second-order valence-corrected chi connectivity index (χ2v) is 7.54. The summed E-state index contributed by atoms with van der Waals surface area (Å²) in [6.45, 7) is 0. The van der Waals surface area contributed by atoms with Crippen LogP contribution < -0.4 is 15.4 Å². The number of ether oxygens (including phenoxy) is 1. The van der Waals surface area contributed by atoms with Gasteiger partial charge < -0.3 is 25.6 Å². The standard InChI is InChI=1S/C26H20N2O4/c1-32-25-14-18(7-10-24(25)30)16-5-8-20-22(12-16)27-21-9-6-17(13-23(21)28-26(20)31)15-3-2-4-19(29)11-15/h2-14,27,29-30H,1H3,(H,28,31). The lowest BCUT2D eigenvalue weighted by atomic mass is 10.0. The summed E-state index contributed by atoms with van der Waals surface area (Å²) in [6.07, 6.45) is 0. The van der Waals surface area contributed by atoms with Crippen molar-refractivity contribution < 1.29 is 19.7 Å². The van der Waals surface area contributed by atoms with Crippen molar-refractivity contribution in [2.24, 2.45) is 0 Å². The third-order valence-electron chi connectivity index (χ3n) is 5.49. The number of nitrogens with one attached hydrogen (secondary N) is 2. The van der Waals surface area contributed by atoms with Gasteiger partial charge in [0.25, 0.3) is 5.91 Å². The maximum absolute atomic E-state index is 12.9.